The summed E-state index contributed by atoms with van der Waals surface area (Å²) in [6.07, 6.45) is 0.526. The lowest BCUT2D eigenvalue weighted by Crippen LogP contribution is -2.28. The summed E-state index contributed by atoms with van der Waals surface area (Å²) in [5, 5.41) is 20.5. The number of carbonyl (C=O) groups is 2. The molecule has 9 nitrogen and oxygen atoms in total. The lowest BCUT2D eigenvalue weighted by Gasteiger charge is -2.22. The van der Waals surface area contributed by atoms with E-state index in [1.54, 1.807) is 54.8 Å². The summed E-state index contributed by atoms with van der Waals surface area (Å²) in [4.78, 5) is 27.8. The van der Waals surface area contributed by atoms with E-state index in [9.17, 15) is 14.0 Å². The van der Waals surface area contributed by atoms with Gasteiger partial charge >= 0.3 is 0 Å². The van der Waals surface area contributed by atoms with Gasteiger partial charge in [0.05, 0.1) is 41.7 Å². The molecular weight excluding hydrogens is 624 g/mol. The number of aromatic nitrogens is 3. The largest absolute Gasteiger partial charge is 0.497 e. The molecule has 2 amide bonds. The first-order chi connectivity index (χ1) is 22.3. The fourth-order valence-corrected chi connectivity index (χ4v) is 6.74. The SMILES string of the molecule is COc1cccc(C(=O)NCc2nnc(SCC(=O)N3N=C(c4cccs4)CC3c3ccc(F)cc3)n2-c2cc(C)ccc2C)c1. The maximum Gasteiger partial charge on any atom is 0.253 e. The number of methoxy groups -OCH3 is 1. The van der Waals surface area contributed by atoms with Gasteiger partial charge in [-0.3, -0.25) is 14.2 Å². The number of thiophene rings is 1. The highest BCUT2D eigenvalue weighted by Gasteiger charge is 2.34. The number of benzene rings is 3. The van der Waals surface area contributed by atoms with Crippen LogP contribution in [0, 0.1) is 19.7 Å². The zero-order valence-electron chi connectivity index (χ0n) is 25.4. The van der Waals surface area contributed by atoms with Crippen LogP contribution in [0.5, 0.6) is 5.75 Å². The van der Waals surface area contributed by atoms with Crippen LogP contribution in [0.15, 0.2) is 94.5 Å². The van der Waals surface area contributed by atoms with Crippen molar-refractivity contribution in [1.82, 2.24) is 25.1 Å². The van der Waals surface area contributed by atoms with E-state index in [4.69, 9.17) is 9.84 Å². The van der Waals surface area contributed by atoms with E-state index in [0.717, 1.165) is 33.0 Å². The third-order valence-electron chi connectivity index (χ3n) is 7.60. The standard InChI is InChI=1S/C34H31FN6O3S2/c1-21-9-10-22(2)28(16-21)40-31(19-36-33(43)24-6-4-7-26(17-24)44-3)37-38-34(40)46-20-32(42)41-29(23-11-13-25(35)14-12-23)18-27(39-41)30-8-5-15-45-30/h4-17,29H,18-20H2,1-3H3,(H,36,43). The van der Waals surface area contributed by atoms with Gasteiger partial charge in [0.2, 0.25) is 0 Å². The smallest absolute Gasteiger partial charge is 0.253 e. The second-order valence-corrected chi connectivity index (χ2v) is 12.7. The molecule has 0 fully saturated rings. The number of carbonyl (C=O) groups excluding carboxylic acids is 2. The van der Waals surface area contributed by atoms with Gasteiger partial charge in [0.25, 0.3) is 11.8 Å². The van der Waals surface area contributed by atoms with Crippen molar-refractivity contribution in [3.8, 4) is 11.4 Å². The molecule has 0 saturated carbocycles. The Hall–Kier alpha value is -4.81. The van der Waals surface area contributed by atoms with E-state index < -0.39 is 0 Å². The number of amides is 2. The van der Waals surface area contributed by atoms with Crippen molar-refractivity contribution < 1.29 is 18.7 Å². The molecule has 0 saturated heterocycles. The Labute approximate surface area is 274 Å². The first-order valence-electron chi connectivity index (χ1n) is 14.6. The number of halogens is 1. The fourth-order valence-electron chi connectivity index (χ4n) is 5.21. The molecule has 1 aliphatic rings. The molecule has 3 aromatic carbocycles. The van der Waals surface area contributed by atoms with Crippen molar-refractivity contribution in [1.29, 1.82) is 0 Å². The first-order valence-corrected chi connectivity index (χ1v) is 16.4. The third-order valence-corrected chi connectivity index (χ3v) is 9.43. The molecule has 234 valence electrons. The highest BCUT2D eigenvalue weighted by atomic mass is 32.2. The fraction of sp³-hybridized carbons (Fsp3) is 0.206. The highest BCUT2D eigenvalue weighted by Crippen LogP contribution is 2.35. The molecule has 46 heavy (non-hydrogen) atoms. The van der Waals surface area contributed by atoms with Gasteiger partial charge in [-0.25, -0.2) is 9.40 Å². The zero-order valence-corrected chi connectivity index (χ0v) is 27.1. The van der Waals surface area contributed by atoms with Gasteiger partial charge in [-0.1, -0.05) is 48.2 Å². The first kappa shape index (κ1) is 31.2. The molecule has 5 aromatic rings. The second kappa shape index (κ2) is 13.7. The van der Waals surface area contributed by atoms with Crippen molar-refractivity contribution in [3.63, 3.8) is 0 Å². The number of hydrogen-bond acceptors (Lipinski definition) is 8. The van der Waals surface area contributed by atoms with Gasteiger partial charge in [0, 0.05) is 12.0 Å². The van der Waals surface area contributed by atoms with E-state index in [1.165, 1.54) is 28.9 Å². The van der Waals surface area contributed by atoms with E-state index in [2.05, 4.69) is 15.5 Å². The number of hydrazone groups is 1. The highest BCUT2D eigenvalue weighted by molar-refractivity contribution is 7.99. The summed E-state index contributed by atoms with van der Waals surface area (Å²) in [7, 11) is 1.55. The quantitative estimate of drug-likeness (QED) is 0.173. The summed E-state index contributed by atoms with van der Waals surface area (Å²) in [6, 6.07) is 22.8. The van der Waals surface area contributed by atoms with Crippen LogP contribution in [-0.4, -0.2) is 50.2 Å². The zero-order chi connectivity index (χ0) is 32.2. The molecule has 3 heterocycles. The van der Waals surface area contributed by atoms with Gasteiger partial charge < -0.3 is 10.1 Å². The minimum Gasteiger partial charge on any atom is -0.497 e. The molecule has 1 aliphatic heterocycles. The van der Waals surface area contributed by atoms with Gasteiger partial charge in [-0.05, 0) is 78.4 Å². The lowest BCUT2D eigenvalue weighted by molar-refractivity contribution is -0.130. The molecule has 1 unspecified atom stereocenters. The Morgan fingerprint density at radius 1 is 1.04 bits per heavy atom. The molecule has 0 spiro atoms. The van der Waals surface area contributed by atoms with Crippen LogP contribution in [0.2, 0.25) is 0 Å². The topological polar surface area (TPSA) is 102 Å². The maximum atomic E-state index is 13.8. The number of nitrogens with one attached hydrogen (secondary N) is 1. The van der Waals surface area contributed by atoms with Crippen molar-refractivity contribution >= 4 is 40.6 Å². The Morgan fingerprint density at radius 3 is 2.63 bits per heavy atom. The summed E-state index contributed by atoms with van der Waals surface area (Å²) < 4.78 is 20.9. The third kappa shape index (κ3) is 6.73. The van der Waals surface area contributed by atoms with E-state index >= 15 is 0 Å². The predicted molar refractivity (Wildman–Crippen MR) is 177 cm³/mol. The normalized spacial score (nSPS) is 14.3. The average molecular weight is 655 g/mol. The number of rotatable bonds is 10. The summed E-state index contributed by atoms with van der Waals surface area (Å²) in [6.45, 7) is 4.10. The second-order valence-electron chi connectivity index (χ2n) is 10.8. The Morgan fingerprint density at radius 2 is 1.87 bits per heavy atom. The van der Waals surface area contributed by atoms with Gasteiger partial charge in [-0.15, -0.1) is 21.5 Å². The molecule has 0 aliphatic carbocycles. The van der Waals surface area contributed by atoms with E-state index in [-0.39, 0.29) is 36.0 Å². The van der Waals surface area contributed by atoms with Crippen LogP contribution in [0.25, 0.3) is 5.69 Å². The van der Waals surface area contributed by atoms with Crippen molar-refractivity contribution in [2.45, 2.75) is 38.0 Å². The number of nitrogens with zero attached hydrogens (tertiary/aromatic N) is 5. The molecule has 1 N–H and O–H groups in total. The van der Waals surface area contributed by atoms with E-state index in [0.29, 0.717) is 28.7 Å². The molecule has 12 heteroatoms. The summed E-state index contributed by atoms with van der Waals surface area (Å²) >= 11 is 2.81. The molecule has 1 atom stereocenters. The van der Waals surface area contributed by atoms with Crippen molar-refractivity contribution in [2.75, 3.05) is 12.9 Å². The van der Waals surface area contributed by atoms with Crippen molar-refractivity contribution in [2.24, 2.45) is 5.10 Å². The average Bonchev–Trinajstić information content (AvgIpc) is 3.84. The van der Waals surface area contributed by atoms with Crippen LogP contribution in [-0.2, 0) is 11.3 Å². The minimum atomic E-state index is -0.356. The van der Waals surface area contributed by atoms with Crippen LogP contribution < -0.4 is 10.1 Å². The minimum absolute atomic E-state index is 0.0398. The van der Waals surface area contributed by atoms with Crippen LogP contribution in [0.4, 0.5) is 4.39 Å². The van der Waals surface area contributed by atoms with Crippen LogP contribution in [0.3, 0.4) is 0 Å². The van der Waals surface area contributed by atoms with Gasteiger partial charge in [0.1, 0.15) is 11.6 Å². The molecule has 0 bridgehead atoms. The monoisotopic (exact) mass is 654 g/mol. The predicted octanol–water partition coefficient (Wildman–Crippen LogP) is 6.49. The maximum absolute atomic E-state index is 13.8. The van der Waals surface area contributed by atoms with Crippen LogP contribution in [0.1, 0.15) is 50.2 Å². The molecule has 2 aromatic heterocycles. The molecular formula is C34H31FN6O3S2. The number of ether oxygens (including phenoxy) is 1. The Kier molecular flexibility index (Phi) is 9.27. The van der Waals surface area contributed by atoms with Crippen LogP contribution >= 0.6 is 23.1 Å². The van der Waals surface area contributed by atoms with Gasteiger partial charge in [0.15, 0.2) is 11.0 Å². The summed E-state index contributed by atoms with van der Waals surface area (Å²) in [5.74, 6) is 0.312. The van der Waals surface area contributed by atoms with Crippen molar-refractivity contribution in [3.05, 3.63) is 123 Å². The number of hydrogen-bond donors (Lipinski definition) is 1. The molecule has 0 radical (unpaired) electrons. The van der Waals surface area contributed by atoms with Gasteiger partial charge in [-0.2, -0.15) is 5.10 Å². The molecule has 6 rings (SSSR count). The summed E-state index contributed by atoms with van der Waals surface area (Å²) in [5.41, 5.74) is 4.97. The number of thioether (sulfide) groups is 1. The Balaban J connectivity index is 1.25. The Bertz CT molecular complexity index is 1910. The number of aryl methyl sites for hydroxylation is 2. The van der Waals surface area contributed by atoms with E-state index in [1.807, 2.05) is 54.1 Å². The lowest BCUT2D eigenvalue weighted by atomic mass is 10.0.